The number of hydrogen-bond acceptors (Lipinski definition) is 4. The fraction of sp³-hybridized carbons (Fsp3) is 0.667. The van der Waals surface area contributed by atoms with Gasteiger partial charge in [0.05, 0.1) is 12.2 Å². The second kappa shape index (κ2) is 4.04. The molecule has 14 heavy (non-hydrogen) atoms. The van der Waals surface area contributed by atoms with Crippen LogP contribution in [0.15, 0.2) is 5.38 Å². The summed E-state index contributed by atoms with van der Waals surface area (Å²) in [5.74, 6) is 0. The lowest BCUT2D eigenvalue weighted by Crippen LogP contribution is -2.45. The van der Waals surface area contributed by atoms with Gasteiger partial charge in [0.1, 0.15) is 5.15 Å². The van der Waals surface area contributed by atoms with Crippen LogP contribution in [-0.2, 0) is 4.74 Å². The van der Waals surface area contributed by atoms with Gasteiger partial charge in [0.2, 0.25) is 0 Å². The molecule has 78 valence electrons. The van der Waals surface area contributed by atoms with E-state index in [1.54, 1.807) is 11.3 Å². The number of morpholine rings is 1. The highest BCUT2D eigenvalue weighted by Gasteiger charge is 2.23. The van der Waals surface area contributed by atoms with Gasteiger partial charge in [-0.15, -0.1) is 11.3 Å². The van der Waals surface area contributed by atoms with Gasteiger partial charge >= 0.3 is 0 Å². The van der Waals surface area contributed by atoms with Crippen LogP contribution in [0.4, 0.5) is 5.13 Å². The monoisotopic (exact) mass is 232 g/mol. The summed E-state index contributed by atoms with van der Waals surface area (Å²) in [4.78, 5) is 6.49. The predicted molar refractivity (Wildman–Crippen MR) is 59.3 cm³/mol. The Morgan fingerprint density at radius 1 is 1.50 bits per heavy atom. The van der Waals surface area contributed by atoms with E-state index >= 15 is 0 Å². The van der Waals surface area contributed by atoms with E-state index in [9.17, 15) is 0 Å². The molecule has 1 aliphatic heterocycles. The molecule has 0 spiro atoms. The van der Waals surface area contributed by atoms with E-state index in [0.29, 0.717) is 5.15 Å². The molecule has 3 nitrogen and oxygen atoms in total. The Hall–Kier alpha value is -0.320. The molecule has 2 atom stereocenters. The summed E-state index contributed by atoms with van der Waals surface area (Å²) in [6.07, 6.45) is 0.530. The molecule has 1 aromatic heterocycles. The van der Waals surface area contributed by atoms with Crippen LogP contribution >= 0.6 is 22.9 Å². The maximum absolute atomic E-state index is 5.79. The highest BCUT2D eigenvalue weighted by molar-refractivity contribution is 7.14. The minimum Gasteiger partial charge on any atom is -0.372 e. The Bertz CT molecular complexity index is 308. The quantitative estimate of drug-likeness (QED) is 0.744. The minimum absolute atomic E-state index is 0.265. The third kappa shape index (κ3) is 2.19. The summed E-state index contributed by atoms with van der Waals surface area (Å²) in [7, 11) is 0. The number of thiazole rings is 1. The molecular formula is C9H13ClN2OS. The molecule has 0 N–H and O–H groups in total. The molecular weight excluding hydrogens is 220 g/mol. The molecule has 5 heteroatoms. The predicted octanol–water partition coefficient (Wildman–Crippen LogP) is 2.41. The first kappa shape index (κ1) is 10.2. The Morgan fingerprint density at radius 2 is 2.14 bits per heavy atom. The van der Waals surface area contributed by atoms with E-state index < -0.39 is 0 Å². The topological polar surface area (TPSA) is 25.4 Å². The summed E-state index contributed by atoms with van der Waals surface area (Å²) in [5, 5.41) is 3.44. The number of hydrogen-bond donors (Lipinski definition) is 0. The van der Waals surface area contributed by atoms with Gasteiger partial charge in [0.15, 0.2) is 5.13 Å². The molecule has 0 amide bonds. The van der Waals surface area contributed by atoms with Crippen molar-refractivity contribution in [2.75, 3.05) is 18.0 Å². The number of aromatic nitrogens is 1. The molecule has 2 rings (SSSR count). The van der Waals surface area contributed by atoms with E-state index in [1.807, 2.05) is 5.38 Å². The van der Waals surface area contributed by atoms with Crippen molar-refractivity contribution in [1.82, 2.24) is 4.98 Å². The van der Waals surface area contributed by atoms with E-state index in [1.165, 1.54) is 0 Å². The summed E-state index contributed by atoms with van der Waals surface area (Å²) >= 11 is 7.38. The second-order valence-corrected chi connectivity index (χ2v) is 4.84. The van der Waals surface area contributed by atoms with Crippen molar-refractivity contribution in [1.29, 1.82) is 0 Å². The van der Waals surface area contributed by atoms with Crippen LogP contribution in [-0.4, -0.2) is 30.3 Å². The third-order valence-electron chi connectivity index (χ3n) is 2.15. The average molecular weight is 233 g/mol. The molecule has 0 bridgehead atoms. The van der Waals surface area contributed by atoms with Crippen molar-refractivity contribution in [3.63, 3.8) is 0 Å². The maximum Gasteiger partial charge on any atom is 0.186 e. The van der Waals surface area contributed by atoms with Crippen LogP contribution in [0.25, 0.3) is 0 Å². The lowest BCUT2D eigenvalue weighted by Gasteiger charge is -2.35. The second-order valence-electron chi connectivity index (χ2n) is 3.62. The van der Waals surface area contributed by atoms with Crippen LogP contribution < -0.4 is 4.90 Å². The molecule has 0 aromatic carbocycles. The molecule has 1 saturated heterocycles. The van der Waals surface area contributed by atoms with E-state index in [2.05, 4.69) is 23.7 Å². The number of halogens is 1. The molecule has 0 saturated carbocycles. The Labute approximate surface area is 92.7 Å². The largest absolute Gasteiger partial charge is 0.372 e. The SMILES string of the molecule is C[C@@H]1CN(c2nc(Cl)cs2)C[C@H](C)O1. The van der Waals surface area contributed by atoms with Crippen molar-refractivity contribution in [3.8, 4) is 0 Å². The Morgan fingerprint density at radius 3 is 2.64 bits per heavy atom. The van der Waals surface area contributed by atoms with E-state index in [-0.39, 0.29) is 12.2 Å². The summed E-state index contributed by atoms with van der Waals surface area (Å²) in [6, 6.07) is 0. The van der Waals surface area contributed by atoms with Gasteiger partial charge < -0.3 is 9.64 Å². The molecule has 2 heterocycles. The Kier molecular flexibility index (Phi) is 2.95. The van der Waals surface area contributed by atoms with Crippen molar-refractivity contribution >= 4 is 28.1 Å². The number of rotatable bonds is 1. The summed E-state index contributed by atoms with van der Waals surface area (Å²) in [6.45, 7) is 5.96. The normalized spacial score (nSPS) is 28.1. The van der Waals surface area contributed by atoms with E-state index in [4.69, 9.17) is 16.3 Å². The summed E-state index contributed by atoms with van der Waals surface area (Å²) < 4.78 is 5.65. The van der Waals surface area contributed by atoms with Crippen molar-refractivity contribution in [2.45, 2.75) is 26.1 Å². The van der Waals surface area contributed by atoms with Gasteiger partial charge in [-0.25, -0.2) is 4.98 Å². The summed E-state index contributed by atoms with van der Waals surface area (Å²) in [5.41, 5.74) is 0. The smallest absolute Gasteiger partial charge is 0.186 e. The van der Waals surface area contributed by atoms with Gasteiger partial charge in [-0.2, -0.15) is 0 Å². The van der Waals surface area contributed by atoms with Gasteiger partial charge in [0.25, 0.3) is 0 Å². The molecule has 0 unspecified atom stereocenters. The lowest BCUT2D eigenvalue weighted by atomic mass is 10.2. The zero-order valence-electron chi connectivity index (χ0n) is 8.24. The fourth-order valence-corrected chi connectivity index (χ4v) is 2.69. The van der Waals surface area contributed by atoms with Crippen molar-refractivity contribution in [2.24, 2.45) is 0 Å². The Balaban J connectivity index is 2.10. The first-order chi connectivity index (χ1) is 6.65. The highest BCUT2D eigenvalue weighted by Crippen LogP contribution is 2.26. The van der Waals surface area contributed by atoms with Crippen LogP contribution in [0.3, 0.4) is 0 Å². The van der Waals surface area contributed by atoms with Crippen LogP contribution in [0.5, 0.6) is 0 Å². The minimum atomic E-state index is 0.265. The van der Waals surface area contributed by atoms with Crippen molar-refractivity contribution in [3.05, 3.63) is 10.5 Å². The number of nitrogens with zero attached hydrogens (tertiary/aromatic N) is 2. The van der Waals surface area contributed by atoms with Gasteiger partial charge in [-0.05, 0) is 13.8 Å². The zero-order chi connectivity index (χ0) is 10.1. The zero-order valence-corrected chi connectivity index (χ0v) is 9.81. The lowest BCUT2D eigenvalue weighted by molar-refractivity contribution is -0.00522. The molecule has 0 aliphatic carbocycles. The van der Waals surface area contributed by atoms with Gasteiger partial charge in [-0.3, -0.25) is 0 Å². The van der Waals surface area contributed by atoms with Crippen molar-refractivity contribution < 1.29 is 4.74 Å². The molecule has 1 aliphatic rings. The number of ether oxygens (including phenoxy) is 1. The van der Waals surface area contributed by atoms with Gasteiger partial charge in [0, 0.05) is 18.5 Å². The first-order valence-corrected chi connectivity index (χ1v) is 5.92. The van der Waals surface area contributed by atoms with E-state index in [0.717, 1.165) is 18.2 Å². The van der Waals surface area contributed by atoms with Crippen LogP contribution in [0.1, 0.15) is 13.8 Å². The van der Waals surface area contributed by atoms with Gasteiger partial charge in [-0.1, -0.05) is 11.6 Å². The van der Waals surface area contributed by atoms with Crippen LogP contribution in [0, 0.1) is 0 Å². The first-order valence-electron chi connectivity index (χ1n) is 4.66. The third-order valence-corrected chi connectivity index (χ3v) is 3.38. The number of anilines is 1. The highest BCUT2D eigenvalue weighted by atomic mass is 35.5. The molecule has 1 fully saturated rings. The fourth-order valence-electron chi connectivity index (χ4n) is 1.72. The average Bonchev–Trinajstić information content (AvgIpc) is 2.50. The maximum atomic E-state index is 5.79. The molecule has 1 aromatic rings. The standard InChI is InChI=1S/C9H13ClN2OS/c1-6-3-12(4-7(2)13-6)9-11-8(10)5-14-9/h5-7H,3-4H2,1-2H3/t6-,7+. The van der Waals surface area contributed by atoms with Crippen LogP contribution in [0.2, 0.25) is 5.15 Å². The molecule has 0 radical (unpaired) electrons.